The fourth-order valence-corrected chi connectivity index (χ4v) is 1.64. The minimum atomic E-state index is -1.27. The van der Waals surface area contributed by atoms with Crippen LogP contribution in [0.3, 0.4) is 0 Å². The van der Waals surface area contributed by atoms with Crippen LogP contribution in [0.25, 0.3) is 0 Å². The maximum atomic E-state index is 10.4. The third kappa shape index (κ3) is 11.5. The summed E-state index contributed by atoms with van der Waals surface area (Å²) in [5.41, 5.74) is 0. The number of nitrogens with zero attached hydrogens (tertiary/aromatic N) is 2. The first-order chi connectivity index (χ1) is 7.99. The Morgan fingerprint density at radius 1 is 0.889 bits per heavy atom. The van der Waals surface area contributed by atoms with Gasteiger partial charge in [-0.2, -0.15) is 0 Å². The van der Waals surface area contributed by atoms with Crippen molar-refractivity contribution < 1.29 is 19.8 Å². The molecule has 0 saturated heterocycles. The number of hydrogen-bond acceptors (Lipinski definition) is 6. The SMILES string of the molecule is CCN(CC)CCCN(CC(=O)[O-])CC(=O)[O-].[Ba+2]. The largest absolute Gasteiger partial charge is 2.00 e. The second kappa shape index (κ2) is 12.5. The molecular formula is C11H20BaN2O4. The van der Waals surface area contributed by atoms with Crippen LogP contribution >= 0.6 is 0 Å². The van der Waals surface area contributed by atoms with Gasteiger partial charge >= 0.3 is 48.9 Å². The van der Waals surface area contributed by atoms with Crippen LogP contribution in [0, 0.1) is 0 Å². The summed E-state index contributed by atoms with van der Waals surface area (Å²) >= 11 is 0. The second-order valence-corrected chi connectivity index (χ2v) is 3.84. The van der Waals surface area contributed by atoms with E-state index >= 15 is 0 Å². The molecule has 0 fully saturated rings. The molecule has 0 aromatic heterocycles. The Balaban J connectivity index is 0. The van der Waals surface area contributed by atoms with Gasteiger partial charge in [0.15, 0.2) is 0 Å². The molecule has 0 saturated carbocycles. The summed E-state index contributed by atoms with van der Waals surface area (Å²) in [4.78, 5) is 24.4. The third-order valence-corrected chi connectivity index (χ3v) is 2.55. The van der Waals surface area contributed by atoms with Crippen LogP contribution in [0.15, 0.2) is 0 Å². The summed E-state index contributed by atoms with van der Waals surface area (Å²) in [5, 5.41) is 20.8. The van der Waals surface area contributed by atoms with Crippen molar-refractivity contribution in [1.82, 2.24) is 9.80 Å². The van der Waals surface area contributed by atoms with Gasteiger partial charge in [-0.15, -0.1) is 0 Å². The molecule has 100 valence electrons. The molecule has 0 rings (SSSR count). The first-order valence-corrected chi connectivity index (χ1v) is 5.84. The molecule has 0 spiro atoms. The van der Waals surface area contributed by atoms with E-state index in [9.17, 15) is 19.8 Å². The van der Waals surface area contributed by atoms with Gasteiger partial charge in [-0.3, -0.25) is 4.90 Å². The zero-order valence-electron chi connectivity index (χ0n) is 11.2. The molecule has 18 heavy (non-hydrogen) atoms. The average Bonchev–Trinajstić information content (AvgIpc) is 2.22. The first-order valence-electron chi connectivity index (χ1n) is 5.84. The number of carboxylic acids is 2. The number of hydrogen-bond donors (Lipinski definition) is 0. The van der Waals surface area contributed by atoms with Gasteiger partial charge in [0.1, 0.15) is 0 Å². The predicted molar refractivity (Wildman–Crippen MR) is 64.6 cm³/mol. The minimum absolute atomic E-state index is 0. The predicted octanol–water partition coefficient (Wildman–Crippen LogP) is -2.86. The molecule has 0 aromatic rings. The van der Waals surface area contributed by atoms with Crippen molar-refractivity contribution in [1.29, 1.82) is 0 Å². The summed E-state index contributed by atoms with van der Waals surface area (Å²) in [6.07, 6.45) is 0.724. The summed E-state index contributed by atoms with van der Waals surface area (Å²) < 4.78 is 0. The molecule has 0 aliphatic rings. The molecule has 0 bridgehead atoms. The quantitative estimate of drug-likeness (QED) is 0.378. The number of carbonyl (C=O) groups is 2. The number of carbonyl (C=O) groups excluding carboxylic acids is 2. The van der Waals surface area contributed by atoms with Gasteiger partial charge in [0, 0.05) is 19.6 Å². The Labute approximate surface area is 148 Å². The van der Waals surface area contributed by atoms with Gasteiger partial charge in [0.2, 0.25) is 0 Å². The van der Waals surface area contributed by atoms with Crippen LogP contribution in [-0.2, 0) is 9.59 Å². The molecule has 7 heteroatoms. The second-order valence-electron chi connectivity index (χ2n) is 3.84. The van der Waals surface area contributed by atoms with E-state index in [1.165, 1.54) is 4.90 Å². The number of carboxylic acid groups (broad SMARTS) is 2. The summed E-state index contributed by atoms with van der Waals surface area (Å²) in [6.45, 7) is 6.45. The van der Waals surface area contributed by atoms with Crippen molar-refractivity contribution in [2.45, 2.75) is 20.3 Å². The maximum absolute atomic E-state index is 10.4. The van der Waals surface area contributed by atoms with Crippen molar-refractivity contribution in [2.24, 2.45) is 0 Å². The summed E-state index contributed by atoms with van der Waals surface area (Å²) in [5.74, 6) is -2.54. The van der Waals surface area contributed by atoms with Gasteiger partial charge in [-0.25, -0.2) is 0 Å². The summed E-state index contributed by atoms with van der Waals surface area (Å²) in [7, 11) is 0. The molecule has 0 radical (unpaired) electrons. The molecule has 0 amide bonds. The van der Waals surface area contributed by atoms with E-state index in [1.807, 2.05) is 13.8 Å². The zero-order chi connectivity index (χ0) is 13.3. The fourth-order valence-electron chi connectivity index (χ4n) is 1.64. The molecule has 0 aliphatic heterocycles. The molecule has 6 nitrogen and oxygen atoms in total. The van der Waals surface area contributed by atoms with E-state index in [1.54, 1.807) is 0 Å². The van der Waals surface area contributed by atoms with Crippen molar-refractivity contribution >= 4 is 60.8 Å². The molecule has 0 N–H and O–H groups in total. The molecular weight excluding hydrogens is 361 g/mol. The molecule has 0 heterocycles. The van der Waals surface area contributed by atoms with E-state index in [-0.39, 0.29) is 62.0 Å². The Hall–Kier alpha value is 0.431. The maximum Gasteiger partial charge on any atom is 2.00 e. The van der Waals surface area contributed by atoms with E-state index in [0.29, 0.717) is 6.54 Å². The summed E-state index contributed by atoms with van der Waals surface area (Å²) in [6, 6.07) is 0. The molecule has 0 unspecified atom stereocenters. The van der Waals surface area contributed by atoms with E-state index in [4.69, 9.17) is 0 Å². The van der Waals surface area contributed by atoms with Crippen LogP contribution in [0.5, 0.6) is 0 Å². The van der Waals surface area contributed by atoms with Crippen LogP contribution in [-0.4, -0.2) is 110 Å². The Kier molecular flexibility index (Phi) is 14.4. The van der Waals surface area contributed by atoms with E-state index in [2.05, 4.69) is 4.90 Å². The normalized spacial score (nSPS) is 10.4. The van der Waals surface area contributed by atoms with E-state index in [0.717, 1.165) is 26.1 Å². The van der Waals surface area contributed by atoms with Gasteiger partial charge in [-0.1, -0.05) is 13.8 Å². The van der Waals surface area contributed by atoms with Crippen LogP contribution in [0.1, 0.15) is 20.3 Å². The van der Waals surface area contributed by atoms with E-state index < -0.39 is 11.9 Å². The van der Waals surface area contributed by atoms with Gasteiger partial charge < -0.3 is 24.7 Å². The monoisotopic (exact) mass is 382 g/mol. The van der Waals surface area contributed by atoms with Crippen LogP contribution in [0.4, 0.5) is 0 Å². The van der Waals surface area contributed by atoms with Gasteiger partial charge in [0.25, 0.3) is 0 Å². The average molecular weight is 382 g/mol. The first kappa shape index (κ1) is 20.7. The van der Waals surface area contributed by atoms with Crippen molar-refractivity contribution in [2.75, 3.05) is 39.3 Å². The Morgan fingerprint density at radius 3 is 1.61 bits per heavy atom. The zero-order valence-corrected chi connectivity index (χ0v) is 15.6. The minimum Gasteiger partial charge on any atom is -0.549 e. The Morgan fingerprint density at radius 2 is 1.28 bits per heavy atom. The standard InChI is InChI=1S/C11H22N2O4.Ba/c1-3-12(4-2)6-5-7-13(8-10(14)15)9-11(16)17;/h3-9H2,1-2H3,(H,14,15)(H,16,17);/q;+2/p-2. The smallest absolute Gasteiger partial charge is 0.549 e. The topological polar surface area (TPSA) is 86.7 Å². The van der Waals surface area contributed by atoms with Gasteiger partial charge in [0.05, 0.1) is 11.9 Å². The van der Waals surface area contributed by atoms with Crippen LogP contribution in [0.2, 0.25) is 0 Å². The molecule has 0 aliphatic carbocycles. The van der Waals surface area contributed by atoms with Crippen LogP contribution < -0.4 is 10.2 Å². The Bertz CT molecular complexity index is 231. The molecule has 0 atom stereocenters. The number of rotatable bonds is 10. The van der Waals surface area contributed by atoms with Crippen molar-refractivity contribution in [3.63, 3.8) is 0 Å². The fraction of sp³-hybridized carbons (Fsp3) is 0.818. The van der Waals surface area contributed by atoms with Crippen molar-refractivity contribution in [3.05, 3.63) is 0 Å². The number of aliphatic carboxylic acids is 2. The third-order valence-electron chi connectivity index (χ3n) is 2.55. The van der Waals surface area contributed by atoms with Gasteiger partial charge in [-0.05, 0) is 26.1 Å². The molecule has 0 aromatic carbocycles. The van der Waals surface area contributed by atoms with Crippen molar-refractivity contribution in [3.8, 4) is 0 Å².